The molecule has 0 unspecified atom stereocenters. The van der Waals surface area contributed by atoms with E-state index in [1.165, 1.54) is 23.0 Å². The molecule has 4 heteroatoms. The first kappa shape index (κ1) is 26.1. The molecule has 0 fully saturated rings. The Kier molecular flexibility index (Phi) is 8.75. The highest BCUT2D eigenvalue weighted by molar-refractivity contribution is 6.04. The molecule has 0 saturated carbocycles. The number of hydrogen-bond donors (Lipinski definition) is 1. The van der Waals surface area contributed by atoms with Gasteiger partial charge in [0.25, 0.3) is 0 Å². The molecule has 1 radical (unpaired) electrons. The van der Waals surface area contributed by atoms with Gasteiger partial charge in [0, 0.05) is 48.8 Å². The number of amides is 1. The van der Waals surface area contributed by atoms with Crippen molar-refractivity contribution >= 4 is 23.0 Å². The zero-order valence-electron chi connectivity index (χ0n) is 22.0. The summed E-state index contributed by atoms with van der Waals surface area (Å²) in [5, 5.41) is 3.03. The Labute approximate surface area is 211 Å². The van der Waals surface area contributed by atoms with E-state index < -0.39 is 0 Å². The Morgan fingerprint density at radius 2 is 1.37 bits per heavy atom. The van der Waals surface area contributed by atoms with Crippen LogP contribution in [0.1, 0.15) is 38.8 Å². The largest absolute Gasteiger partial charge is 0.372 e. The Bertz CT molecular complexity index is 1190. The summed E-state index contributed by atoms with van der Waals surface area (Å²) in [7, 11) is 0. The van der Waals surface area contributed by atoms with Crippen molar-refractivity contribution < 1.29 is 4.79 Å². The van der Waals surface area contributed by atoms with Crippen LogP contribution in [0.25, 0.3) is 22.3 Å². The molecule has 3 aromatic rings. The van der Waals surface area contributed by atoms with Crippen LogP contribution in [0.2, 0.25) is 0 Å². The maximum atomic E-state index is 12.3. The predicted molar refractivity (Wildman–Crippen MR) is 152 cm³/mol. The molecular weight excluding hydrogens is 430 g/mol. The number of rotatable bonds is 10. The third-order valence-corrected chi connectivity index (χ3v) is 6.66. The van der Waals surface area contributed by atoms with Gasteiger partial charge in [-0.15, -0.1) is 0 Å². The molecule has 1 amide bonds. The smallest absolute Gasteiger partial charge is 0.247 e. The first-order valence-corrected chi connectivity index (χ1v) is 12.6. The molecule has 0 spiro atoms. The van der Waals surface area contributed by atoms with Crippen LogP contribution in [0.3, 0.4) is 0 Å². The van der Waals surface area contributed by atoms with E-state index in [2.05, 4.69) is 106 Å². The summed E-state index contributed by atoms with van der Waals surface area (Å²) < 4.78 is 0. The van der Waals surface area contributed by atoms with Crippen LogP contribution in [-0.4, -0.2) is 32.1 Å². The maximum Gasteiger partial charge on any atom is 0.247 e. The molecule has 3 rings (SSSR count). The van der Waals surface area contributed by atoms with Crippen molar-refractivity contribution in [3.05, 3.63) is 78.4 Å². The van der Waals surface area contributed by atoms with Crippen molar-refractivity contribution in [2.45, 2.75) is 41.5 Å². The van der Waals surface area contributed by atoms with E-state index in [1.54, 1.807) is 0 Å². The summed E-state index contributed by atoms with van der Waals surface area (Å²) in [6.45, 7) is 20.5. The molecular formula is C31H38N3O. The lowest BCUT2D eigenvalue weighted by Gasteiger charge is -2.24. The van der Waals surface area contributed by atoms with E-state index in [-0.39, 0.29) is 5.91 Å². The van der Waals surface area contributed by atoms with Gasteiger partial charge in [-0.25, -0.2) is 0 Å². The molecule has 0 aromatic heterocycles. The van der Waals surface area contributed by atoms with Crippen molar-refractivity contribution in [1.29, 1.82) is 0 Å². The van der Waals surface area contributed by atoms with Gasteiger partial charge < -0.3 is 15.1 Å². The molecule has 0 heterocycles. The van der Waals surface area contributed by atoms with Gasteiger partial charge in [-0.2, -0.15) is 0 Å². The zero-order chi connectivity index (χ0) is 25.5. The highest BCUT2D eigenvalue weighted by Gasteiger charge is 2.18. The number of carbonyl (C=O) groups is 1. The van der Waals surface area contributed by atoms with Crippen LogP contribution in [-0.2, 0) is 4.79 Å². The van der Waals surface area contributed by atoms with Crippen molar-refractivity contribution in [1.82, 2.24) is 0 Å². The molecule has 0 bridgehead atoms. The fraction of sp³-hybridized carbons (Fsp3) is 0.323. The number of benzene rings is 3. The van der Waals surface area contributed by atoms with Crippen molar-refractivity contribution in [3.8, 4) is 22.3 Å². The molecule has 0 saturated heterocycles. The fourth-order valence-electron chi connectivity index (χ4n) is 4.71. The van der Waals surface area contributed by atoms with Gasteiger partial charge in [-0.05, 0) is 112 Å². The summed E-state index contributed by atoms with van der Waals surface area (Å²) in [6.07, 6.45) is 1.31. The lowest BCUT2D eigenvalue weighted by molar-refractivity contribution is -0.111. The van der Waals surface area contributed by atoms with E-state index in [4.69, 9.17) is 0 Å². The third kappa shape index (κ3) is 5.59. The van der Waals surface area contributed by atoms with Crippen LogP contribution in [0, 0.1) is 19.9 Å². The normalized spacial score (nSPS) is 10.7. The SMILES string of the molecule is C=CC(=O)Nc1cc[c]c(-c2ccc(N(CC)CC)cc2C)c1-c1ccc(N(CC)CC)cc1C. The van der Waals surface area contributed by atoms with E-state index >= 15 is 0 Å². The molecule has 0 aliphatic heterocycles. The van der Waals surface area contributed by atoms with Crippen molar-refractivity contribution in [2.24, 2.45) is 0 Å². The van der Waals surface area contributed by atoms with Gasteiger partial charge in [0.15, 0.2) is 0 Å². The predicted octanol–water partition coefficient (Wildman–Crippen LogP) is 7.25. The van der Waals surface area contributed by atoms with Gasteiger partial charge in [0.2, 0.25) is 5.91 Å². The summed E-state index contributed by atoms with van der Waals surface area (Å²) in [4.78, 5) is 17.0. The van der Waals surface area contributed by atoms with Gasteiger partial charge in [0.1, 0.15) is 0 Å². The average molecular weight is 469 g/mol. The maximum absolute atomic E-state index is 12.3. The Balaban J connectivity index is 2.23. The first-order valence-electron chi connectivity index (χ1n) is 12.6. The van der Waals surface area contributed by atoms with Crippen LogP contribution in [0.15, 0.2) is 61.2 Å². The van der Waals surface area contributed by atoms with Crippen molar-refractivity contribution in [2.75, 3.05) is 41.3 Å². The lowest BCUT2D eigenvalue weighted by Crippen LogP contribution is -2.21. The molecule has 0 aliphatic rings. The summed E-state index contributed by atoms with van der Waals surface area (Å²) >= 11 is 0. The fourth-order valence-corrected chi connectivity index (χ4v) is 4.71. The van der Waals surface area contributed by atoms with Gasteiger partial charge in [0.05, 0.1) is 0 Å². The van der Waals surface area contributed by atoms with Crippen LogP contribution < -0.4 is 15.1 Å². The summed E-state index contributed by atoms with van der Waals surface area (Å²) in [6, 6.07) is 20.4. The number of aryl methyl sites for hydroxylation is 2. The minimum absolute atomic E-state index is 0.227. The van der Waals surface area contributed by atoms with Gasteiger partial charge >= 0.3 is 0 Å². The van der Waals surface area contributed by atoms with E-state index in [9.17, 15) is 4.79 Å². The molecule has 0 aliphatic carbocycles. The van der Waals surface area contributed by atoms with E-state index in [0.717, 1.165) is 59.7 Å². The Morgan fingerprint density at radius 1 is 0.857 bits per heavy atom. The van der Waals surface area contributed by atoms with Gasteiger partial charge in [-0.3, -0.25) is 4.79 Å². The highest BCUT2D eigenvalue weighted by Crippen LogP contribution is 2.41. The molecule has 1 N–H and O–H groups in total. The lowest BCUT2D eigenvalue weighted by atomic mass is 9.88. The second-order valence-electron chi connectivity index (χ2n) is 8.68. The molecule has 35 heavy (non-hydrogen) atoms. The Hall–Kier alpha value is -3.53. The minimum Gasteiger partial charge on any atom is -0.372 e. The number of nitrogens with zero attached hydrogens (tertiary/aromatic N) is 2. The second kappa shape index (κ2) is 11.7. The Morgan fingerprint density at radius 3 is 1.83 bits per heavy atom. The third-order valence-electron chi connectivity index (χ3n) is 6.66. The number of anilines is 3. The quantitative estimate of drug-likeness (QED) is 0.318. The monoisotopic (exact) mass is 468 g/mol. The number of hydrogen-bond acceptors (Lipinski definition) is 3. The molecule has 0 atom stereocenters. The standard InChI is InChI=1S/C31H38N3O/c1-8-30(35)32-29-15-13-14-28(26-18-16-24(20-22(26)6)33(9-2)10-3)31(29)27-19-17-25(21-23(27)7)34(11-4)12-5/h8,13,15-21H,1,9-12H2,2-7H3,(H,32,35). The van der Waals surface area contributed by atoms with Gasteiger partial charge in [-0.1, -0.05) is 24.8 Å². The summed E-state index contributed by atoms with van der Waals surface area (Å²) in [5.74, 6) is -0.227. The number of carbonyl (C=O) groups excluding carboxylic acids is 1. The topological polar surface area (TPSA) is 35.6 Å². The molecule has 183 valence electrons. The first-order chi connectivity index (χ1) is 16.9. The van der Waals surface area contributed by atoms with E-state index in [1.807, 2.05) is 12.1 Å². The van der Waals surface area contributed by atoms with Crippen molar-refractivity contribution in [3.63, 3.8) is 0 Å². The summed E-state index contributed by atoms with van der Waals surface area (Å²) in [5.41, 5.74) is 9.66. The average Bonchev–Trinajstić information content (AvgIpc) is 2.86. The molecule has 3 aromatic carbocycles. The molecule has 4 nitrogen and oxygen atoms in total. The van der Waals surface area contributed by atoms with Crippen LogP contribution in [0.4, 0.5) is 17.1 Å². The number of nitrogens with one attached hydrogen (secondary N) is 1. The second-order valence-corrected chi connectivity index (χ2v) is 8.68. The van der Waals surface area contributed by atoms with Crippen LogP contribution >= 0.6 is 0 Å². The van der Waals surface area contributed by atoms with Crippen LogP contribution in [0.5, 0.6) is 0 Å². The minimum atomic E-state index is -0.227. The highest BCUT2D eigenvalue weighted by atomic mass is 16.1. The zero-order valence-corrected chi connectivity index (χ0v) is 22.0. The van der Waals surface area contributed by atoms with E-state index in [0.29, 0.717) is 0 Å².